The Morgan fingerprint density at radius 3 is 2.02 bits per heavy atom. The average Bonchev–Trinajstić information content (AvgIpc) is 3.62. The predicted molar refractivity (Wildman–Crippen MR) is 173 cm³/mol. The maximum Gasteiger partial charge on any atom is 0.253 e. The lowest BCUT2D eigenvalue weighted by Crippen LogP contribution is -2.44. The Morgan fingerprint density at radius 2 is 1.39 bits per heavy atom. The zero-order valence-corrected chi connectivity index (χ0v) is 24.9. The van der Waals surface area contributed by atoms with Crippen LogP contribution in [-0.2, 0) is 0 Å². The molecule has 0 bridgehead atoms. The Hall–Kier alpha value is -3.69. The predicted octanol–water partition coefficient (Wildman–Crippen LogP) is 6.30. The molecule has 3 aromatic carbocycles. The average molecular weight is 564 g/mol. The molecule has 0 radical (unpaired) electrons. The maximum atomic E-state index is 12.9. The van der Waals surface area contributed by atoms with Crippen molar-refractivity contribution < 1.29 is 0 Å². The van der Waals surface area contributed by atoms with Gasteiger partial charge in [0.25, 0.3) is 10.9 Å². The highest BCUT2D eigenvalue weighted by atomic mass is 31.1. The van der Waals surface area contributed by atoms with Crippen molar-refractivity contribution in [1.82, 2.24) is 4.57 Å². The molecular formula is C35H38N3O2P. The van der Waals surface area contributed by atoms with Crippen LogP contribution in [0.2, 0.25) is 0 Å². The van der Waals surface area contributed by atoms with Crippen LogP contribution in [0.5, 0.6) is 0 Å². The first-order valence-corrected chi connectivity index (χ1v) is 16.1. The number of aromatic nitrogens is 1. The van der Waals surface area contributed by atoms with E-state index in [0.29, 0.717) is 11.4 Å². The molecule has 0 unspecified atom stereocenters. The fraction of sp³-hybridized carbons (Fsp3) is 0.314. The van der Waals surface area contributed by atoms with Gasteiger partial charge in [-0.3, -0.25) is 9.59 Å². The quantitative estimate of drug-likeness (QED) is 0.185. The molecule has 6 rings (SSSR count). The molecule has 4 aromatic rings. The standard InChI is InChI=1S/C35H38N3O2P/c1-23-21-22-24(2)38(23)30-19-11-10-18-29(30)37-33-32(34(39)35(33)40)36-25(3)28-17-12-20-31(28)41(26-13-6-4-7-14-26)27-15-8-5-9-16-27/h4-9,12-17,20-22,25,28-30,36-37H,10-11,18-19H2,1-3H3/t25-,28+,29+,30+/m1/s1. The van der Waals surface area contributed by atoms with Gasteiger partial charge in [0.05, 0.1) is 6.04 Å². The number of aryl methyl sites for hydroxylation is 2. The Balaban J connectivity index is 1.25. The van der Waals surface area contributed by atoms with Crippen molar-refractivity contribution in [2.75, 3.05) is 10.6 Å². The monoisotopic (exact) mass is 563 g/mol. The minimum absolute atomic E-state index is 0.0580. The van der Waals surface area contributed by atoms with Gasteiger partial charge in [-0.15, -0.1) is 0 Å². The molecule has 2 aliphatic carbocycles. The van der Waals surface area contributed by atoms with E-state index in [9.17, 15) is 9.59 Å². The molecule has 0 spiro atoms. The summed E-state index contributed by atoms with van der Waals surface area (Å²) in [6.07, 6.45) is 10.9. The van der Waals surface area contributed by atoms with Crippen LogP contribution in [0.3, 0.4) is 0 Å². The molecule has 0 aliphatic heterocycles. The van der Waals surface area contributed by atoms with E-state index in [0.717, 1.165) is 19.3 Å². The molecule has 1 fully saturated rings. The summed E-state index contributed by atoms with van der Waals surface area (Å²) in [7, 11) is -0.741. The highest BCUT2D eigenvalue weighted by Crippen LogP contribution is 2.50. The molecule has 1 aromatic heterocycles. The van der Waals surface area contributed by atoms with E-state index in [-0.39, 0.29) is 24.0 Å². The lowest BCUT2D eigenvalue weighted by atomic mass is 9.89. The fourth-order valence-corrected chi connectivity index (χ4v) is 9.37. The molecule has 0 saturated heterocycles. The molecular weight excluding hydrogens is 525 g/mol. The first kappa shape index (κ1) is 27.5. The third-order valence-corrected chi connectivity index (χ3v) is 11.3. The van der Waals surface area contributed by atoms with E-state index in [2.05, 4.69) is 127 Å². The topological polar surface area (TPSA) is 63.1 Å². The van der Waals surface area contributed by atoms with Gasteiger partial charge in [0.2, 0.25) is 0 Å². The van der Waals surface area contributed by atoms with Gasteiger partial charge in [0.15, 0.2) is 0 Å². The summed E-state index contributed by atoms with van der Waals surface area (Å²) in [5.41, 5.74) is 2.55. The van der Waals surface area contributed by atoms with Crippen molar-refractivity contribution >= 4 is 29.9 Å². The first-order valence-electron chi connectivity index (χ1n) is 14.7. The van der Waals surface area contributed by atoms with E-state index in [1.54, 1.807) is 0 Å². The van der Waals surface area contributed by atoms with Gasteiger partial charge in [0.1, 0.15) is 11.4 Å². The summed E-state index contributed by atoms with van der Waals surface area (Å²) in [6.45, 7) is 6.41. The molecule has 2 aliphatic rings. The van der Waals surface area contributed by atoms with Crippen molar-refractivity contribution in [3.8, 4) is 0 Å². The second-order valence-electron chi connectivity index (χ2n) is 11.4. The van der Waals surface area contributed by atoms with E-state index < -0.39 is 18.8 Å². The van der Waals surface area contributed by atoms with Crippen molar-refractivity contribution in [1.29, 1.82) is 0 Å². The summed E-state index contributed by atoms with van der Waals surface area (Å²) >= 11 is 0. The largest absolute Gasteiger partial charge is 0.377 e. The van der Waals surface area contributed by atoms with E-state index in [1.807, 2.05) is 0 Å². The maximum absolute atomic E-state index is 12.9. The van der Waals surface area contributed by atoms with Crippen LogP contribution in [0.15, 0.2) is 106 Å². The van der Waals surface area contributed by atoms with Crippen LogP contribution in [0, 0.1) is 19.8 Å². The van der Waals surface area contributed by atoms with Gasteiger partial charge < -0.3 is 15.2 Å². The van der Waals surface area contributed by atoms with Gasteiger partial charge in [0, 0.05) is 29.4 Å². The van der Waals surface area contributed by atoms with E-state index >= 15 is 0 Å². The number of nitrogens with zero attached hydrogens (tertiary/aromatic N) is 1. The number of allylic oxidation sites excluding steroid dienone is 2. The van der Waals surface area contributed by atoms with Crippen molar-refractivity contribution in [3.63, 3.8) is 0 Å². The number of rotatable bonds is 9. The summed E-state index contributed by atoms with van der Waals surface area (Å²) in [5, 5.41) is 11.0. The molecule has 0 amide bonds. The summed E-state index contributed by atoms with van der Waals surface area (Å²) < 4.78 is 2.40. The third kappa shape index (κ3) is 5.24. The van der Waals surface area contributed by atoms with Gasteiger partial charge >= 0.3 is 0 Å². The first-order chi connectivity index (χ1) is 19.9. The molecule has 1 saturated carbocycles. The lowest BCUT2D eigenvalue weighted by molar-refractivity contribution is 0.315. The highest BCUT2D eigenvalue weighted by molar-refractivity contribution is 7.76. The number of hydrogen-bond donors (Lipinski definition) is 2. The third-order valence-electron chi connectivity index (χ3n) is 8.75. The zero-order valence-electron chi connectivity index (χ0n) is 24.0. The Morgan fingerprint density at radius 1 is 0.805 bits per heavy atom. The summed E-state index contributed by atoms with van der Waals surface area (Å²) in [4.78, 5) is 25.8. The second kappa shape index (κ2) is 11.7. The normalized spacial score (nSPS) is 21.3. The van der Waals surface area contributed by atoms with Gasteiger partial charge in [-0.25, -0.2) is 0 Å². The Bertz CT molecular complexity index is 1590. The molecule has 5 nitrogen and oxygen atoms in total. The van der Waals surface area contributed by atoms with E-state index in [4.69, 9.17) is 0 Å². The molecule has 41 heavy (non-hydrogen) atoms. The number of anilines is 2. The smallest absolute Gasteiger partial charge is 0.253 e. The highest BCUT2D eigenvalue weighted by Gasteiger charge is 2.34. The number of hydrogen-bond acceptors (Lipinski definition) is 4. The summed E-state index contributed by atoms with van der Waals surface area (Å²) in [5.74, 6) is 0.103. The molecule has 6 heteroatoms. The molecule has 2 N–H and O–H groups in total. The lowest BCUT2D eigenvalue weighted by Gasteiger charge is -2.36. The molecule has 4 atom stereocenters. The second-order valence-corrected chi connectivity index (χ2v) is 13.7. The number of benzene rings is 2. The molecule has 210 valence electrons. The zero-order chi connectivity index (χ0) is 28.5. The summed E-state index contributed by atoms with van der Waals surface area (Å²) in [6, 6.07) is 26.0. The van der Waals surface area contributed by atoms with E-state index in [1.165, 1.54) is 33.7 Å². The van der Waals surface area contributed by atoms with Crippen LogP contribution in [0.4, 0.5) is 11.4 Å². The number of nitrogens with one attached hydrogen (secondary N) is 2. The minimum atomic E-state index is -0.741. The molecule has 1 heterocycles. The van der Waals surface area contributed by atoms with Crippen LogP contribution >= 0.6 is 7.92 Å². The van der Waals surface area contributed by atoms with Crippen molar-refractivity contribution in [3.05, 3.63) is 128 Å². The SMILES string of the molecule is Cc1ccc(C)n1[C@H]1CCCC[C@@H]1Nc1c(N[C@H](C)[C@@H]2C=CC=C2P(c2ccccc2)c2ccccc2)c(=O)c1=O. The van der Waals surface area contributed by atoms with Crippen molar-refractivity contribution in [2.24, 2.45) is 5.92 Å². The van der Waals surface area contributed by atoms with Crippen molar-refractivity contribution in [2.45, 2.75) is 64.6 Å². The fourth-order valence-electron chi connectivity index (χ4n) is 6.69. The minimum Gasteiger partial charge on any atom is -0.377 e. The van der Waals surface area contributed by atoms with Crippen LogP contribution in [0.1, 0.15) is 50.0 Å². The van der Waals surface area contributed by atoms with Crippen LogP contribution in [-0.4, -0.2) is 16.7 Å². The Kier molecular flexibility index (Phi) is 7.81. The Labute approximate surface area is 243 Å². The van der Waals surface area contributed by atoms with Gasteiger partial charge in [-0.2, -0.15) is 0 Å². The van der Waals surface area contributed by atoms with Crippen LogP contribution in [0.25, 0.3) is 0 Å². The van der Waals surface area contributed by atoms with Gasteiger partial charge in [-0.05, 0) is 69.6 Å². The van der Waals surface area contributed by atoms with Gasteiger partial charge in [-0.1, -0.05) is 91.7 Å². The van der Waals surface area contributed by atoms with Crippen LogP contribution < -0.4 is 32.1 Å².